The number of rotatable bonds is 1. The average Bonchev–Trinajstić information content (AvgIpc) is 2.53. The van der Waals surface area contributed by atoms with Crippen molar-refractivity contribution in [1.82, 2.24) is 4.98 Å². The normalized spacial score (nSPS) is 10.4. The lowest BCUT2D eigenvalue weighted by Gasteiger charge is -2.01. The van der Waals surface area contributed by atoms with Crippen LogP contribution in [-0.2, 0) is 4.74 Å². The molecule has 72 valence electrons. The zero-order chi connectivity index (χ0) is 10.1. The van der Waals surface area contributed by atoms with Gasteiger partial charge in [0, 0.05) is 23.5 Å². The summed E-state index contributed by atoms with van der Waals surface area (Å²) in [5, 5.41) is 9.52. The largest absolute Gasteiger partial charge is 0.507 e. The number of pyridine rings is 1. The van der Waals surface area contributed by atoms with Crippen LogP contribution in [0.1, 0.15) is 10.4 Å². The summed E-state index contributed by atoms with van der Waals surface area (Å²) in [5.74, 6) is -0.574. The number of ether oxygens (including phenoxy) is 1. The van der Waals surface area contributed by atoms with Crippen molar-refractivity contribution < 1.29 is 14.6 Å². The van der Waals surface area contributed by atoms with Gasteiger partial charge in [0.1, 0.15) is 11.3 Å². The fourth-order valence-corrected chi connectivity index (χ4v) is 1.46. The number of hydrogen-bond acceptors (Lipinski definition) is 3. The molecule has 0 spiro atoms. The maximum atomic E-state index is 11.3. The van der Waals surface area contributed by atoms with Crippen LogP contribution in [0.25, 0.3) is 11.1 Å². The molecule has 0 aromatic rings. The molecule has 0 radical (unpaired) electrons. The van der Waals surface area contributed by atoms with Crippen molar-refractivity contribution in [3.63, 3.8) is 0 Å². The molecule has 0 fully saturated rings. The highest BCUT2D eigenvalue weighted by atomic mass is 16.5. The van der Waals surface area contributed by atoms with Crippen molar-refractivity contribution in [2.24, 2.45) is 0 Å². The predicted molar refractivity (Wildman–Crippen MR) is 50.4 cm³/mol. The first-order valence-electron chi connectivity index (χ1n) is 4.11. The standard InChI is InChI=1S/C10H9NO3/c1-14-10(13)9-7-2-3-11-5-6(7)4-8(9)12/h2-5,11-12H,1H3. The zero-order valence-electron chi connectivity index (χ0n) is 7.57. The lowest BCUT2D eigenvalue weighted by atomic mass is 10.1. The third kappa shape index (κ3) is 1.12. The van der Waals surface area contributed by atoms with Crippen LogP contribution in [0.4, 0.5) is 0 Å². The Hall–Kier alpha value is -1.97. The van der Waals surface area contributed by atoms with Crippen molar-refractivity contribution >= 4 is 5.97 Å². The minimum absolute atomic E-state index is 0.0496. The molecule has 0 bridgehead atoms. The van der Waals surface area contributed by atoms with Gasteiger partial charge in [-0.05, 0) is 12.1 Å². The topological polar surface area (TPSA) is 62.3 Å². The lowest BCUT2D eigenvalue weighted by molar-refractivity contribution is 0.0599. The van der Waals surface area contributed by atoms with Gasteiger partial charge in [0.15, 0.2) is 0 Å². The van der Waals surface area contributed by atoms with E-state index in [4.69, 9.17) is 0 Å². The summed E-state index contributed by atoms with van der Waals surface area (Å²) in [6, 6.07) is 3.25. The molecule has 1 aliphatic heterocycles. The van der Waals surface area contributed by atoms with E-state index >= 15 is 0 Å². The van der Waals surface area contributed by atoms with E-state index in [1.807, 2.05) is 0 Å². The minimum Gasteiger partial charge on any atom is -0.507 e. The van der Waals surface area contributed by atoms with Gasteiger partial charge in [0.25, 0.3) is 0 Å². The molecule has 2 N–H and O–H groups in total. The number of fused-ring (bicyclic) bond motifs is 1. The van der Waals surface area contributed by atoms with Gasteiger partial charge in [0.05, 0.1) is 7.11 Å². The highest BCUT2D eigenvalue weighted by Crippen LogP contribution is 2.35. The first-order chi connectivity index (χ1) is 6.74. The van der Waals surface area contributed by atoms with E-state index in [-0.39, 0.29) is 11.3 Å². The number of H-pyrrole nitrogens is 1. The number of aromatic hydroxyl groups is 1. The van der Waals surface area contributed by atoms with Crippen LogP contribution >= 0.6 is 0 Å². The summed E-state index contributed by atoms with van der Waals surface area (Å²) in [6.07, 6.45) is 3.40. The first-order valence-corrected chi connectivity index (χ1v) is 4.11. The fourth-order valence-electron chi connectivity index (χ4n) is 1.46. The fraction of sp³-hybridized carbons (Fsp3) is 0.100. The smallest absolute Gasteiger partial charge is 0.342 e. The quantitative estimate of drug-likeness (QED) is 0.673. The van der Waals surface area contributed by atoms with Gasteiger partial charge in [-0.1, -0.05) is 0 Å². The van der Waals surface area contributed by atoms with Gasteiger partial charge in [-0.2, -0.15) is 0 Å². The Morgan fingerprint density at radius 2 is 2.36 bits per heavy atom. The Labute approximate surface area is 80.5 Å². The van der Waals surface area contributed by atoms with Gasteiger partial charge in [-0.3, -0.25) is 0 Å². The van der Waals surface area contributed by atoms with E-state index < -0.39 is 5.97 Å². The van der Waals surface area contributed by atoms with Crippen LogP contribution < -0.4 is 0 Å². The lowest BCUT2D eigenvalue weighted by Crippen LogP contribution is -2.01. The Balaban J connectivity index is 2.66. The minimum atomic E-state index is -0.524. The monoisotopic (exact) mass is 191 g/mol. The summed E-state index contributed by atoms with van der Waals surface area (Å²) >= 11 is 0. The third-order valence-corrected chi connectivity index (χ3v) is 2.10. The Morgan fingerprint density at radius 3 is 3.07 bits per heavy atom. The van der Waals surface area contributed by atoms with E-state index in [1.54, 1.807) is 18.5 Å². The number of carbonyl (C=O) groups is 1. The molecule has 0 unspecified atom stereocenters. The van der Waals surface area contributed by atoms with E-state index in [0.717, 1.165) is 5.56 Å². The molecule has 4 heteroatoms. The van der Waals surface area contributed by atoms with Gasteiger partial charge < -0.3 is 14.8 Å². The van der Waals surface area contributed by atoms with Crippen LogP contribution in [-0.4, -0.2) is 23.2 Å². The van der Waals surface area contributed by atoms with Crippen LogP contribution in [0.2, 0.25) is 0 Å². The van der Waals surface area contributed by atoms with E-state index in [1.165, 1.54) is 13.2 Å². The SMILES string of the molecule is COC(=O)c1c(O)cc2c[nH]ccc1-2. The van der Waals surface area contributed by atoms with Crippen LogP contribution in [0.3, 0.4) is 0 Å². The molecule has 2 aliphatic rings. The van der Waals surface area contributed by atoms with E-state index in [9.17, 15) is 9.90 Å². The molecule has 0 amide bonds. The molecular weight excluding hydrogens is 182 g/mol. The molecule has 0 aromatic carbocycles. The molecule has 14 heavy (non-hydrogen) atoms. The first kappa shape index (κ1) is 8.62. The molecule has 0 aromatic heterocycles. The summed E-state index contributed by atoms with van der Waals surface area (Å²) in [4.78, 5) is 14.2. The summed E-state index contributed by atoms with van der Waals surface area (Å²) in [6.45, 7) is 0. The van der Waals surface area contributed by atoms with Gasteiger partial charge in [-0.25, -0.2) is 4.79 Å². The molecule has 0 saturated heterocycles. The zero-order valence-corrected chi connectivity index (χ0v) is 7.57. The Kier molecular flexibility index (Phi) is 1.89. The molecule has 1 aliphatic carbocycles. The predicted octanol–water partition coefficient (Wildman–Crippen LogP) is 1.61. The van der Waals surface area contributed by atoms with Crippen molar-refractivity contribution in [3.8, 4) is 16.9 Å². The second kappa shape index (κ2) is 3.06. The van der Waals surface area contributed by atoms with Crippen molar-refractivity contribution in [2.45, 2.75) is 0 Å². The van der Waals surface area contributed by atoms with Crippen LogP contribution in [0, 0.1) is 0 Å². The molecule has 0 atom stereocenters. The molecule has 2 rings (SSSR count). The second-order valence-electron chi connectivity index (χ2n) is 2.91. The third-order valence-electron chi connectivity index (χ3n) is 2.10. The van der Waals surface area contributed by atoms with Gasteiger partial charge in [-0.15, -0.1) is 0 Å². The van der Waals surface area contributed by atoms with Crippen molar-refractivity contribution in [2.75, 3.05) is 7.11 Å². The van der Waals surface area contributed by atoms with Crippen LogP contribution in [0.5, 0.6) is 5.75 Å². The molecule has 0 saturated carbocycles. The Bertz CT molecular complexity index is 447. The van der Waals surface area contributed by atoms with E-state index in [2.05, 4.69) is 9.72 Å². The Morgan fingerprint density at radius 1 is 1.57 bits per heavy atom. The highest BCUT2D eigenvalue weighted by Gasteiger charge is 2.21. The maximum absolute atomic E-state index is 11.3. The molecule has 4 nitrogen and oxygen atoms in total. The second-order valence-corrected chi connectivity index (χ2v) is 2.91. The summed E-state index contributed by atoms with van der Waals surface area (Å²) in [7, 11) is 1.29. The number of aromatic amines is 1. The van der Waals surface area contributed by atoms with Crippen molar-refractivity contribution in [1.29, 1.82) is 0 Å². The highest BCUT2D eigenvalue weighted by molar-refractivity contribution is 6.02. The van der Waals surface area contributed by atoms with Crippen molar-refractivity contribution in [3.05, 3.63) is 30.1 Å². The summed E-state index contributed by atoms with van der Waals surface area (Å²) < 4.78 is 4.57. The molecular formula is C10H9NO3. The number of aromatic nitrogens is 1. The maximum Gasteiger partial charge on any atom is 0.342 e. The van der Waals surface area contributed by atoms with Gasteiger partial charge >= 0.3 is 5.97 Å². The number of nitrogens with one attached hydrogen (secondary N) is 1. The van der Waals surface area contributed by atoms with Gasteiger partial charge in [0.2, 0.25) is 0 Å². The number of esters is 1. The molecule has 1 heterocycles. The van der Waals surface area contributed by atoms with E-state index in [0.29, 0.717) is 5.56 Å². The number of carbonyl (C=O) groups excluding carboxylic acids is 1. The number of methoxy groups -OCH3 is 1. The van der Waals surface area contributed by atoms with Crippen LogP contribution in [0.15, 0.2) is 24.5 Å². The summed E-state index contributed by atoms with van der Waals surface area (Å²) in [5.41, 5.74) is 1.69. The average molecular weight is 191 g/mol. The number of hydrogen-bond donors (Lipinski definition) is 2.